The Bertz CT molecular complexity index is 276. The fraction of sp³-hybridized carbons (Fsp3) is 1.00. The molecule has 110 valence electrons. The van der Waals surface area contributed by atoms with Gasteiger partial charge in [0.1, 0.15) is 0 Å². The van der Waals surface area contributed by atoms with Crippen LogP contribution in [0.15, 0.2) is 0 Å². The predicted molar refractivity (Wildman–Crippen MR) is 76.9 cm³/mol. The predicted octanol–water partition coefficient (Wildman–Crippen LogP) is 4.38. The highest BCUT2D eigenvalue weighted by Gasteiger charge is 2.41. The molecule has 1 aliphatic heterocycles. The Hall–Kier alpha value is -0.0800. The first-order chi connectivity index (χ1) is 9.17. The molecule has 0 amide bonds. The van der Waals surface area contributed by atoms with Crippen LogP contribution in [0, 0.1) is 23.7 Å². The molecule has 2 saturated carbocycles. The Labute approximate surface area is 118 Å². The maximum absolute atomic E-state index is 6.23. The first-order valence-electron chi connectivity index (χ1n) is 8.45. The number of hydrogen-bond acceptors (Lipinski definition) is 2. The summed E-state index contributed by atoms with van der Waals surface area (Å²) in [6.07, 6.45) is 10.4. The van der Waals surface area contributed by atoms with Crippen LogP contribution in [0.2, 0.25) is 0 Å². The summed E-state index contributed by atoms with van der Waals surface area (Å²) in [6.45, 7) is 6.64. The summed E-state index contributed by atoms with van der Waals surface area (Å²) >= 11 is 0. The molecule has 0 aromatic heterocycles. The van der Waals surface area contributed by atoms with Crippen LogP contribution >= 0.6 is 0 Å². The highest BCUT2D eigenvalue weighted by atomic mass is 16.7. The van der Waals surface area contributed by atoms with E-state index in [9.17, 15) is 0 Å². The molecule has 3 aliphatic rings. The van der Waals surface area contributed by atoms with Gasteiger partial charge in [-0.3, -0.25) is 0 Å². The van der Waals surface area contributed by atoms with E-state index < -0.39 is 0 Å². The Morgan fingerprint density at radius 3 is 1.79 bits per heavy atom. The zero-order valence-corrected chi connectivity index (χ0v) is 12.7. The summed E-state index contributed by atoms with van der Waals surface area (Å²) in [5, 5.41) is 0. The molecule has 0 bridgehead atoms. The molecule has 1 spiro atoms. The zero-order valence-electron chi connectivity index (χ0n) is 12.7. The van der Waals surface area contributed by atoms with E-state index in [0.717, 1.165) is 43.8 Å². The minimum atomic E-state index is -0.190. The number of rotatable bonds is 1. The average molecular weight is 266 g/mol. The van der Waals surface area contributed by atoms with Gasteiger partial charge in [0.25, 0.3) is 0 Å². The van der Waals surface area contributed by atoms with Crippen molar-refractivity contribution in [3.05, 3.63) is 0 Å². The van der Waals surface area contributed by atoms with E-state index in [1.54, 1.807) is 0 Å². The SMILES string of the molecule is CC1CCC(C2COC3(CCC(C)CC3)OC2)CC1. The quantitative estimate of drug-likeness (QED) is 0.701. The maximum Gasteiger partial charge on any atom is 0.168 e. The van der Waals surface area contributed by atoms with E-state index >= 15 is 0 Å². The monoisotopic (exact) mass is 266 g/mol. The van der Waals surface area contributed by atoms with Crippen molar-refractivity contribution in [3.8, 4) is 0 Å². The third-order valence-corrected chi connectivity index (χ3v) is 5.88. The van der Waals surface area contributed by atoms with Gasteiger partial charge in [-0.25, -0.2) is 0 Å². The van der Waals surface area contributed by atoms with Crippen LogP contribution in [0.1, 0.15) is 65.2 Å². The molecule has 1 heterocycles. The number of hydrogen-bond donors (Lipinski definition) is 0. The Morgan fingerprint density at radius 1 is 0.684 bits per heavy atom. The van der Waals surface area contributed by atoms with Gasteiger partial charge in [-0.15, -0.1) is 0 Å². The molecular weight excluding hydrogens is 236 g/mol. The van der Waals surface area contributed by atoms with Crippen LogP contribution in [0.5, 0.6) is 0 Å². The van der Waals surface area contributed by atoms with Crippen molar-refractivity contribution in [1.29, 1.82) is 0 Å². The van der Waals surface area contributed by atoms with Crippen LogP contribution < -0.4 is 0 Å². The molecule has 0 aromatic carbocycles. The summed E-state index contributed by atoms with van der Waals surface area (Å²) in [6, 6.07) is 0. The van der Waals surface area contributed by atoms with Crippen LogP contribution in [0.3, 0.4) is 0 Å². The van der Waals surface area contributed by atoms with Gasteiger partial charge in [-0.05, 0) is 43.4 Å². The van der Waals surface area contributed by atoms with Crippen molar-refractivity contribution in [2.24, 2.45) is 23.7 Å². The molecule has 1 saturated heterocycles. The fourth-order valence-corrected chi connectivity index (χ4v) is 4.13. The second kappa shape index (κ2) is 5.73. The van der Waals surface area contributed by atoms with Crippen molar-refractivity contribution < 1.29 is 9.47 Å². The average Bonchev–Trinajstić information content (AvgIpc) is 2.44. The van der Waals surface area contributed by atoms with Crippen molar-refractivity contribution in [1.82, 2.24) is 0 Å². The highest BCUT2D eigenvalue weighted by molar-refractivity contribution is 4.85. The standard InChI is InChI=1S/C17H30O2/c1-13-3-5-15(6-4-13)16-11-18-17(19-12-16)9-7-14(2)8-10-17/h13-16H,3-12H2,1-2H3. The van der Waals surface area contributed by atoms with E-state index in [0.29, 0.717) is 5.92 Å². The third-order valence-electron chi connectivity index (χ3n) is 5.88. The normalized spacial score (nSPS) is 48.3. The van der Waals surface area contributed by atoms with Gasteiger partial charge in [0, 0.05) is 18.8 Å². The van der Waals surface area contributed by atoms with E-state index in [4.69, 9.17) is 9.47 Å². The molecule has 0 radical (unpaired) electrons. The summed E-state index contributed by atoms with van der Waals surface area (Å²) in [7, 11) is 0. The molecule has 2 nitrogen and oxygen atoms in total. The van der Waals surface area contributed by atoms with Crippen molar-refractivity contribution in [3.63, 3.8) is 0 Å². The van der Waals surface area contributed by atoms with Gasteiger partial charge in [0.2, 0.25) is 0 Å². The van der Waals surface area contributed by atoms with Gasteiger partial charge >= 0.3 is 0 Å². The minimum absolute atomic E-state index is 0.190. The molecule has 2 heteroatoms. The van der Waals surface area contributed by atoms with Gasteiger partial charge in [0.15, 0.2) is 5.79 Å². The molecule has 19 heavy (non-hydrogen) atoms. The smallest absolute Gasteiger partial charge is 0.168 e. The molecule has 2 aliphatic carbocycles. The van der Waals surface area contributed by atoms with Gasteiger partial charge < -0.3 is 9.47 Å². The summed E-state index contributed by atoms with van der Waals surface area (Å²) in [4.78, 5) is 0. The van der Waals surface area contributed by atoms with E-state index in [1.807, 2.05) is 0 Å². The second-order valence-corrected chi connectivity index (χ2v) is 7.50. The lowest BCUT2D eigenvalue weighted by Gasteiger charge is -2.46. The Morgan fingerprint density at radius 2 is 1.21 bits per heavy atom. The van der Waals surface area contributed by atoms with Crippen molar-refractivity contribution in [2.75, 3.05) is 13.2 Å². The molecule has 3 fully saturated rings. The maximum atomic E-state index is 6.23. The Kier molecular flexibility index (Phi) is 4.19. The van der Waals surface area contributed by atoms with Crippen LogP contribution in [0.25, 0.3) is 0 Å². The third kappa shape index (κ3) is 3.16. The first-order valence-corrected chi connectivity index (χ1v) is 8.45. The molecule has 0 unspecified atom stereocenters. The largest absolute Gasteiger partial charge is 0.350 e. The van der Waals surface area contributed by atoms with E-state index in [1.165, 1.54) is 38.5 Å². The Balaban J connectivity index is 1.49. The lowest BCUT2D eigenvalue weighted by atomic mass is 9.76. The molecule has 3 rings (SSSR count). The van der Waals surface area contributed by atoms with Crippen molar-refractivity contribution >= 4 is 0 Å². The first kappa shape index (κ1) is 13.9. The van der Waals surface area contributed by atoms with Crippen LogP contribution in [0.4, 0.5) is 0 Å². The minimum Gasteiger partial charge on any atom is -0.350 e. The van der Waals surface area contributed by atoms with Gasteiger partial charge in [0.05, 0.1) is 13.2 Å². The second-order valence-electron chi connectivity index (χ2n) is 7.50. The summed E-state index contributed by atoms with van der Waals surface area (Å²) < 4.78 is 12.5. The summed E-state index contributed by atoms with van der Waals surface area (Å²) in [5.41, 5.74) is 0. The molecule has 0 N–H and O–H groups in total. The zero-order chi connectivity index (χ0) is 13.3. The fourth-order valence-electron chi connectivity index (χ4n) is 4.13. The van der Waals surface area contributed by atoms with E-state index in [2.05, 4.69) is 13.8 Å². The van der Waals surface area contributed by atoms with Crippen LogP contribution in [-0.4, -0.2) is 19.0 Å². The topological polar surface area (TPSA) is 18.5 Å². The van der Waals surface area contributed by atoms with Gasteiger partial charge in [-0.2, -0.15) is 0 Å². The van der Waals surface area contributed by atoms with Crippen LogP contribution in [-0.2, 0) is 9.47 Å². The molecule has 0 atom stereocenters. The summed E-state index contributed by atoms with van der Waals surface area (Å²) in [5.74, 6) is 3.13. The van der Waals surface area contributed by atoms with Gasteiger partial charge in [-0.1, -0.05) is 26.7 Å². The molecular formula is C17H30O2. The number of ether oxygens (including phenoxy) is 2. The van der Waals surface area contributed by atoms with E-state index in [-0.39, 0.29) is 5.79 Å². The highest BCUT2D eigenvalue weighted by Crippen LogP contribution is 2.41. The molecule has 0 aromatic rings. The lowest BCUT2D eigenvalue weighted by molar-refractivity contribution is -0.303. The lowest BCUT2D eigenvalue weighted by Crippen LogP contribution is -2.48. The van der Waals surface area contributed by atoms with Crippen molar-refractivity contribution in [2.45, 2.75) is 71.0 Å².